The zero-order chi connectivity index (χ0) is 18.1. The van der Waals surface area contributed by atoms with E-state index in [0.29, 0.717) is 28.3 Å². The van der Waals surface area contributed by atoms with Crippen LogP contribution >= 0.6 is 0 Å². The van der Waals surface area contributed by atoms with Crippen LogP contribution < -0.4 is 5.32 Å². The smallest absolute Gasteiger partial charge is 0.325 e. The van der Waals surface area contributed by atoms with Gasteiger partial charge in [-0.25, -0.2) is 4.98 Å². The first-order valence-corrected chi connectivity index (χ1v) is 8.38. The summed E-state index contributed by atoms with van der Waals surface area (Å²) >= 11 is 0. The summed E-state index contributed by atoms with van der Waals surface area (Å²) in [5.74, 6) is -0.554. The molecule has 2 aromatic heterocycles. The van der Waals surface area contributed by atoms with Gasteiger partial charge in [-0.2, -0.15) is 0 Å². The molecular weight excluding hydrogens is 334 g/mol. The summed E-state index contributed by atoms with van der Waals surface area (Å²) in [7, 11) is 1.28. The first-order valence-electron chi connectivity index (χ1n) is 8.38. The van der Waals surface area contributed by atoms with Gasteiger partial charge in [0.2, 0.25) is 0 Å². The molecule has 1 aliphatic rings. The van der Waals surface area contributed by atoms with Crippen LogP contribution in [0.15, 0.2) is 40.9 Å². The van der Waals surface area contributed by atoms with Crippen molar-refractivity contribution in [3.63, 3.8) is 0 Å². The second kappa shape index (κ2) is 6.59. The fourth-order valence-electron chi connectivity index (χ4n) is 2.85. The van der Waals surface area contributed by atoms with E-state index in [4.69, 9.17) is 4.52 Å². The molecule has 1 fully saturated rings. The van der Waals surface area contributed by atoms with E-state index in [1.54, 1.807) is 6.07 Å². The SMILES string of the molecule is COC(=O)CNC(=O)c1cc(C2CC2)nc2onc(-c3ccccc3)c12. The molecule has 0 bridgehead atoms. The number of rotatable bonds is 5. The molecule has 2 heterocycles. The number of carbonyl (C=O) groups excluding carboxylic acids is 2. The molecular formula is C19H17N3O4. The summed E-state index contributed by atoms with van der Waals surface area (Å²) in [6.07, 6.45) is 2.09. The number of hydrogen-bond acceptors (Lipinski definition) is 6. The van der Waals surface area contributed by atoms with Crippen molar-refractivity contribution in [2.45, 2.75) is 18.8 Å². The first kappa shape index (κ1) is 16.3. The van der Waals surface area contributed by atoms with E-state index in [-0.39, 0.29) is 12.5 Å². The maximum Gasteiger partial charge on any atom is 0.325 e. The van der Waals surface area contributed by atoms with Crippen molar-refractivity contribution in [3.05, 3.63) is 47.7 Å². The van der Waals surface area contributed by atoms with Crippen LogP contribution in [0.4, 0.5) is 0 Å². The van der Waals surface area contributed by atoms with Gasteiger partial charge in [0.1, 0.15) is 12.2 Å². The minimum absolute atomic E-state index is 0.205. The lowest BCUT2D eigenvalue weighted by Gasteiger charge is -2.07. The predicted octanol–water partition coefficient (Wildman–Crippen LogP) is 2.67. The molecule has 0 radical (unpaired) electrons. The number of esters is 1. The lowest BCUT2D eigenvalue weighted by molar-refractivity contribution is -0.139. The number of pyridine rings is 1. The third-order valence-corrected chi connectivity index (χ3v) is 4.37. The zero-order valence-corrected chi connectivity index (χ0v) is 14.2. The van der Waals surface area contributed by atoms with Crippen molar-refractivity contribution in [1.82, 2.24) is 15.5 Å². The van der Waals surface area contributed by atoms with Crippen LogP contribution in [0.3, 0.4) is 0 Å². The summed E-state index contributed by atoms with van der Waals surface area (Å²) in [6.45, 7) is -0.205. The molecule has 132 valence electrons. The van der Waals surface area contributed by atoms with Crippen LogP contribution in [0.25, 0.3) is 22.4 Å². The Labute approximate surface area is 149 Å². The minimum atomic E-state index is -0.514. The molecule has 7 heteroatoms. The van der Waals surface area contributed by atoms with E-state index >= 15 is 0 Å². The van der Waals surface area contributed by atoms with Crippen LogP contribution in [-0.2, 0) is 9.53 Å². The predicted molar refractivity (Wildman–Crippen MR) is 93.6 cm³/mol. The van der Waals surface area contributed by atoms with Gasteiger partial charge in [-0.15, -0.1) is 0 Å². The van der Waals surface area contributed by atoms with Gasteiger partial charge in [-0.1, -0.05) is 35.5 Å². The number of nitrogens with zero attached hydrogens (tertiary/aromatic N) is 2. The number of aromatic nitrogens is 2. The third-order valence-electron chi connectivity index (χ3n) is 4.37. The van der Waals surface area contributed by atoms with Crippen molar-refractivity contribution < 1.29 is 18.8 Å². The Balaban J connectivity index is 1.81. The molecule has 7 nitrogen and oxygen atoms in total. The number of benzene rings is 1. The molecule has 0 aliphatic heterocycles. The quantitative estimate of drug-likeness (QED) is 0.710. The fourth-order valence-corrected chi connectivity index (χ4v) is 2.85. The molecule has 1 N–H and O–H groups in total. The maximum absolute atomic E-state index is 12.7. The Bertz CT molecular complexity index is 977. The Morgan fingerprint density at radius 3 is 2.73 bits per heavy atom. The minimum Gasteiger partial charge on any atom is -0.468 e. The van der Waals surface area contributed by atoms with Crippen molar-refractivity contribution in [1.29, 1.82) is 0 Å². The normalized spacial score (nSPS) is 13.6. The van der Waals surface area contributed by atoms with Gasteiger partial charge in [-0.05, 0) is 18.9 Å². The Kier molecular flexibility index (Phi) is 4.12. The molecule has 0 spiro atoms. The molecule has 1 aromatic carbocycles. The summed E-state index contributed by atoms with van der Waals surface area (Å²) in [4.78, 5) is 28.6. The van der Waals surface area contributed by atoms with E-state index in [2.05, 4.69) is 20.2 Å². The number of hydrogen-bond donors (Lipinski definition) is 1. The molecule has 0 saturated heterocycles. The largest absolute Gasteiger partial charge is 0.468 e. The number of nitrogens with one attached hydrogen (secondary N) is 1. The van der Waals surface area contributed by atoms with E-state index in [1.165, 1.54) is 7.11 Å². The maximum atomic E-state index is 12.7. The topological polar surface area (TPSA) is 94.3 Å². The van der Waals surface area contributed by atoms with E-state index < -0.39 is 5.97 Å². The highest BCUT2D eigenvalue weighted by atomic mass is 16.5. The van der Waals surface area contributed by atoms with E-state index in [9.17, 15) is 9.59 Å². The highest BCUT2D eigenvalue weighted by Gasteiger charge is 2.29. The number of methoxy groups -OCH3 is 1. The Morgan fingerprint density at radius 2 is 2.04 bits per heavy atom. The van der Waals surface area contributed by atoms with E-state index in [0.717, 1.165) is 24.1 Å². The average Bonchev–Trinajstić information content (AvgIpc) is 3.45. The van der Waals surface area contributed by atoms with Gasteiger partial charge in [0, 0.05) is 17.2 Å². The van der Waals surface area contributed by atoms with Gasteiger partial charge < -0.3 is 14.6 Å². The van der Waals surface area contributed by atoms with Gasteiger partial charge in [0.15, 0.2) is 0 Å². The molecule has 1 saturated carbocycles. The van der Waals surface area contributed by atoms with Crippen LogP contribution in [0, 0.1) is 0 Å². The molecule has 0 atom stereocenters. The fraction of sp³-hybridized carbons (Fsp3) is 0.263. The third kappa shape index (κ3) is 3.03. The summed E-state index contributed by atoms with van der Waals surface area (Å²) in [6, 6.07) is 11.2. The van der Waals surface area contributed by atoms with Crippen molar-refractivity contribution >= 4 is 23.0 Å². The van der Waals surface area contributed by atoms with Crippen LogP contribution in [-0.4, -0.2) is 35.7 Å². The van der Waals surface area contributed by atoms with Gasteiger partial charge in [0.25, 0.3) is 11.6 Å². The van der Waals surface area contributed by atoms with Crippen LogP contribution in [0.2, 0.25) is 0 Å². The lowest BCUT2D eigenvalue weighted by Crippen LogP contribution is -2.30. The molecule has 26 heavy (non-hydrogen) atoms. The molecule has 0 unspecified atom stereocenters. The van der Waals surface area contributed by atoms with Gasteiger partial charge in [-0.3, -0.25) is 9.59 Å². The number of carbonyl (C=O) groups is 2. The van der Waals surface area contributed by atoms with E-state index in [1.807, 2.05) is 30.3 Å². The second-order valence-electron chi connectivity index (χ2n) is 6.21. The summed E-state index contributed by atoms with van der Waals surface area (Å²) in [5, 5.41) is 7.26. The zero-order valence-electron chi connectivity index (χ0n) is 14.2. The van der Waals surface area contributed by atoms with Crippen molar-refractivity contribution in [3.8, 4) is 11.3 Å². The number of fused-ring (bicyclic) bond motifs is 1. The molecule has 3 aromatic rings. The lowest BCUT2D eigenvalue weighted by atomic mass is 10.0. The summed E-state index contributed by atoms with van der Waals surface area (Å²) < 4.78 is 10.0. The van der Waals surface area contributed by atoms with Gasteiger partial charge in [0.05, 0.1) is 18.1 Å². The molecule has 1 aliphatic carbocycles. The molecule has 4 rings (SSSR count). The monoisotopic (exact) mass is 351 g/mol. The molecule has 1 amide bonds. The van der Waals surface area contributed by atoms with Crippen molar-refractivity contribution in [2.24, 2.45) is 0 Å². The average molecular weight is 351 g/mol. The summed E-state index contributed by atoms with van der Waals surface area (Å²) in [5.41, 5.74) is 2.93. The van der Waals surface area contributed by atoms with Crippen LogP contribution in [0.5, 0.6) is 0 Å². The van der Waals surface area contributed by atoms with Gasteiger partial charge >= 0.3 is 5.97 Å². The number of ether oxygens (including phenoxy) is 1. The Morgan fingerprint density at radius 1 is 1.27 bits per heavy atom. The van der Waals surface area contributed by atoms with Crippen LogP contribution in [0.1, 0.15) is 34.8 Å². The second-order valence-corrected chi connectivity index (χ2v) is 6.21. The highest BCUT2D eigenvalue weighted by molar-refractivity contribution is 6.10. The Hall–Kier alpha value is -3.22. The standard InChI is InChI=1S/C19H17N3O4/c1-25-15(23)10-20-18(24)13-9-14(11-7-8-11)21-19-16(13)17(22-26-19)12-5-3-2-4-6-12/h2-6,9,11H,7-8,10H2,1H3,(H,20,24). The number of amides is 1. The van der Waals surface area contributed by atoms with Crippen molar-refractivity contribution in [2.75, 3.05) is 13.7 Å². The highest BCUT2D eigenvalue weighted by Crippen LogP contribution is 2.41. The first-order chi connectivity index (χ1) is 12.7.